The summed E-state index contributed by atoms with van der Waals surface area (Å²) in [5.41, 5.74) is 5.37. The molecular weight excluding hydrogens is 128 g/mol. The lowest BCUT2D eigenvalue weighted by Crippen LogP contribution is -2.34. The Morgan fingerprint density at radius 2 is 2.50 bits per heavy atom. The van der Waals surface area contributed by atoms with Gasteiger partial charge in [0.05, 0.1) is 6.42 Å². The van der Waals surface area contributed by atoms with Gasteiger partial charge in [0.15, 0.2) is 0 Å². The van der Waals surface area contributed by atoms with E-state index < -0.39 is 0 Å². The summed E-state index contributed by atoms with van der Waals surface area (Å²) in [6, 6.07) is -0.0123. The molecule has 0 bridgehead atoms. The highest BCUT2D eigenvalue weighted by Crippen LogP contribution is 1.76. The van der Waals surface area contributed by atoms with Crippen molar-refractivity contribution < 1.29 is 4.79 Å². The molecule has 3 nitrogen and oxygen atoms in total. The second-order valence-electron chi connectivity index (χ2n) is 2.16. The molecule has 1 amide bonds. The maximum atomic E-state index is 10.6. The Morgan fingerprint density at radius 1 is 1.90 bits per heavy atom. The van der Waals surface area contributed by atoms with Crippen molar-refractivity contribution in [1.29, 1.82) is 0 Å². The average Bonchev–Trinajstić information content (AvgIpc) is 1.85. The summed E-state index contributed by atoms with van der Waals surface area (Å²) in [7, 11) is 0. The highest BCUT2D eigenvalue weighted by molar-refractivity contribution is 5.78. The molecule has 10 heavy (non-hydrogen) atoms. The zero-order valence-corrected chi connectivity index (χ0v) is 6.05. The lowest BCUT2D eigenvalue weighted by Gasteiger charge is -2.04. The van der Waals surface area contributed by atoms with Crippen LogP contribution in [-0.4, -0.2) is 18.5 Å². The summed E-state index contributed by atoms with van der Waals surface area (Å²) in [4.78, 5) is 10.6. The minimum atomic E-state index is -0.139. The molecule has 0 fully saturated rings. The zero-order chi connectivity index (χ0) is 7.98. The van der Waals surface area contributed by atoms with E-state index in [1.165, 1.54) is 0 Å². The molecule has 56 valence electrons. The third-order valence-corrected chi connectivity index (χ3v) is 0.884. The lowest BCUT2D eigenvalue weighted by molar-refractivity contribution is -0.120. The molecule has 1 atom stereocenters. The standard InChI is InChI=1S/C7H12N2O/c1-3-4-7(10)9-5-6(2)8/h1,6H,4-5,8H2,2H3,(H,9,10). The largest absolute Gasteiger partial charge is 0.354 e. The number of amides is 1. The second kappa shape index (κ2) is 4.83. The van der Waals surface area contributed by atoms with Crippen LogP contribution >= 0.6 is 0 Å². The average molecular weight is 140 g/mol. The third kappa shape index (κ3) is 5.13. The van der Waals surface area contributed by atoms with Crippen LogP contribution in [0.3, 0.4) is 0 Å². The molecule has 0 spiro atoms. The van der Waals surface area contributed by atoms with Crippen molar-refractivity contribution in [3.05, 3.63) is 0 Å². The third-order valence-electron chi connectivity index (χ3n) is 0.884. The molecule has 0 heterocycles. The summed E-state index contributed by atoms with van der Waals surface area (Å²) in [6.45, 7) is 2.30. The van der Waals surface area contributed by atoms with E-state index in [-0.39, 0.29) is 18.4 Å². The van der Waals surface area contributed by atoms with E-state index in [1.807, 2.05) is 6.92 Å². The van der Waals surface area contributed by atoms with Gasteiger partial charge in [-0.05, 0) is 6.92 Å². The normalized spacial score (nSPS) is 11.7. The quantitative estimate of drug-likeness (QED) is 0.518. The van der Waals surface area contributed by atoms with E-state index in [9.17, 15) is 4.79 Å². The maximum Gasteiger partial charge on any atom is 0.232 e. The van der Waals surface area contributed by atoms with Gasteiger partial charge in [-0.15, -0.1) is 6.42 Å². The number of nitrogens with one attached hydrogen (secondary N) is 1. The second-order valence-corrected chi connectivity index (χ2v) is 2.16. The van der Waals surface area contributed by atoms with Gasteiger partial charge < -0.3 is 11.1 Å². The predicted octanol–water partition coefficient (Wildman–Crippen LogP) is -0.527. The van der Waals surface area contributed by atoms with Crippen LogP contribution in [0.25, 0.3) is 0 Å². The molecule has 0 aliphatic heterocycles. The van der Waals surface area contributed by atoms with E-state index >= 15 is 0 Å². The Balaban J connectivity index is 3.33. The Hall–Kier alpha value is -1.01. The minimum absolute atomic E-state index is 0.0123. The van der Waals surface area contributed by atoms with Gasteiger partial charge in [-0.2, -0.15) is 0 Å². The molecule has 0 saturated heterocycles. The Kier molecular flexibility index (Phi) is 4.34. The van der Waals surface area contributed by atoms with Crippen molar-refractivity contribution in [3.8, 4) is 12.3 Å². The molecule has 3 heteroatoms. The number of hydrogen-bond acceptors (Lipinski definition) is 2. The number of terminal acetylenes is 1. The van der Waals surface area contributed by atoms with Crippen molar-refractivity contribution in [3.63, 3.8) is 0 Å². The van der Waals surface area contributed by atoms with Gasteiger partial charge in [0.1, 0.15) is 0 Å². The van der Waals surface area contributed by atoms with Crippen LogP contribution in [0.15, 0.2) is 0 Å². The van der Waals surface area contributed by atoms with Gasteiger partial charge in [0.25, 0.3) is 0 Å². The summed E-state index contributed by atoms with van der Waals surface area (Å²) < 4.78 is 0. The van der Waals surface area contributed by atoms with Crippen LogP contribution < -0.4 is 11.1 Å². The van der Waals surface area contributed by atoms with E-state index in [2.05, 4.69) is 11.2 Å². The Labute approximate surface area is 61.0 Å². The fraction of sp³-hybridized carbons (Fsp3) is 0.571. The van der Waals surface area contributed by atoms with Crippen LogP contribution in [0, 0.1) is 12.3 Å². The number of hydrogen-bond donors (Lipinski definition) is 2. The number of carbonyl (C=O) groups is 1. The summed E-state index contributed by atoms with van der Waals surface area (Å²) in [5.74, 6) is 2.10. The molecule has 1 unspecified atom stereocenters. The molecule has 0 aliphatic rings. The van der Waals surface area contributed by atoms with Gasteiger partial charge in [-0.3, -0.25) is 4.79 Å². The van der Waals surface area contributed by atoms with Gasteiger partial charge in [-0.25, -0.2) is 0 Å². The van der Waals surface area contributed by atoms with Crippen molar-refractivity contribution in [2.75, 3.05) is 6.54 Å². The van der Waals surface area contributed by atoms with E-state index in [0.29, 0.717) is 6.54 Å². The van der Waals surface area contributed by atoms with Gasteiger partial charge in [0.2, 0.25) is 5.91 Å². The molecule has 0 aliphatic carbocycles. The van der Waals surface area contributed by atoms with Crippen molar-refractivity contribution in [2.45, 2.75) is 19.4 Å². The first kappa shape index (κ1) is 8.99. The molecule has 0 rings (SSSR count). The van der Waals surface area contributed by atoms with Crippen molar-refractivity contribution in [2.24, 2.45) is 5.73 Å². The topological polar surface area (TPSA) is 55.1 Å². The van der Waals surface area contributed by atoms with Crippen LogP contribution in [0.1, 0.15) is 13.3 Å². The van der Waals surface area contributed by atoms with Gasteiger partial charge >= 0.3 is 0 Å². The summed E-state index contributed by atoms with van der Waals surface area (Å²) >= 11 is 0. The van der Waals surface area contributed by atoms with Crippen LogP contribution in [0.2, 0.25) is 0 Å². The monoisotopic (exact) mass is 140 g/mol. The van der Waals surface area contributed by atoms with E-state index in [1.54, 1.807) is 0 Å². The van der Waals surface area contributed by atoms with Crippen LogP contribution in [-0.2, 0) is 4.79 Å². The lowest BCUT2D eigenvalue weighted by atomic mass is 10.3. The highest BCUT2D eigenvalue weighted by atomic mass is 16.1. The summed E-state index contributed by atoms with van der Waals surface area (Å²) in [5, 5.41) is 2.58. The zero-order valence-electron chi connectivity index (χ0n) is 6.05. The van der Waals surface area contributed by atoms with Crippen LogP contribution in [0.4, 0.5) is 0 Å². The van der Waals surface area contributed by atoms with Crippen molar-refractivity contribution in [1.82, 2.24) is 5.32 Å². The fourth-order valence-electron chi connectivity index (χ4n) is 0.430. The molecule has 0 radical (unpaired) electrons. The smallest absolute Gasteiger partial charge is 0.232 e. The summed E-state index contributed by atoms with van der Waals surface area (Å²) in [6.07, 6.45) is 5.03. The van der Waals surface area contributed by atoms with Crippen molar-refractivity contribution >= 4 is 5.91 Å². The van der Waals surface area contributed by atoms with E-state index in [0.717, 1.165) is 0 Å². The number of carbonyl (C=O) groups excluding carboxylic acids is 1. The molecular formula is C7H12N2O. The Bertz CT molecular complexity index is 146. The highest BCUT2D eigenvalue weighted by Gasteiger charge is 1.98. The molecule has 0 aromatic rings. The van der Waals surface area contributed by atoms with Crippen LogP contribution in [0.5, 0.6) is 0 Å². The first-order chi connectivity index (χ1) is 4.66. The molecule has 0 aromatic carbocycles. The van der Waals surface area contributed by atoms with E-state index in [4.69, 9.17) is 12.2 Å². The predicted molar refractivity (Wildman–Crippen MR) is 40.1 cm³/mol. The molecule has 0 saturated carbocycles. The minimum Gasteiger partial charge on any atom is -0.354 e. The first-order valence-electron chi connectivity index (χ1n) is 3.12. The Morgan fingerprint density at radius 3 is 2.90 bits per heavy atom. The van der Waals surface area contributed by atoms with Gasteiger partial charge in [-0.1, -0.05) is 5.92 Å². The first-order valence-corrected chi connectivity index (χ1v) is 3.12. The molecule has 0 aromatic heterocycles. The number of rotatable bonds is 3. The van der Waals surface area contributed by atoms with Gasteiger partial charge in [0, 0.05) is 12.6 Å². The fourth-order valence-corrected chi connectivity index (χ4v) is 0.430. The molecule has 3 N–H and O–H groups in total. The maximum absolute atomic E-state index is 10.6. The SMILES string of the molecule is C#CCC(=O)NCC(C)N. The number of nitrogens with two attached hydrogens (primary N) is 1.